The minimum Gasteiger partial charge on any atom is -0.359 e. The third-order valence-electron chi connectivity index (χ3n) is 5.32. The summed E-state index contributed by atoms with van der Waals surface area (Å²) < 4.78 is 28.8. The van der Waals surface area contributed by atoms with Crippen LogP contribution in [0.15, 0.2) is 58.6 Å². The summed E-state index contributed by atoms with van der Waals surface area (Å²) in [6, 6.07) is 13.3. The van der Waals surface area contributed by atoms with Crippen LogP contribution in [0.1, 0.15) is 29.0 Å². The minimum atomic E-state index is -0.716. The summed E-state index contributed by atoms with van der Waals surface area (Å²) in [4.78, 5) is 3.43. The van der Waals surface area contributed by atoms with Crippen LogP contribution >= 0.6 is 23.1 Å². The van der Waals surface area contributed by atoms with E-state index in [1.165, 1.54) is 29.2 Å². The van der Waals surface area contributed by atoms with Crippen LogP contribution in [0.5, 0.6) is 0 Å². The SMILES string of the molecule is CN=C(NC)NCCCC1(c2ccccc2)SC(c2cc(F)ccc2F)=NN1c1nnc(C)s1. The Morgan fingerprint density at radius 3 is 2.62 bits per heavy atom. The average Bonchev–Trinajstić information content (AvgIpc) is 3.45. The average molecular weight is 502 g/mol. The first-order chi connectivity index (χ1) is 16.5. The van der Waals surface area contributed by atoms with Crippen molar-refractivity contribution in [2.24, 2.45) is 10.1 Å². The van der Waals surface area contributed by atoms with Crippen molar-refractivity contribution in [3.63, 3.8) is 0 Å². The zero-order valence-electron chi connectivity index (χ0n) is 19.0. The molecule has 0 spiro atoms. The van der Waals surface area contributed by atoms with Gasteiger partial charge in [0.05, 0.1) is 0 Å². The van der Waals surface area contributed by atoms with E-state index in [2.05, 4.69) is 25.8 Å². The first kappa shape index (κ1) is 24.1. The lowest BCUT2D eigenvalue weighted by Gasteiger charge is -2.35. The van der Waals surface area contributed by atoms with Gasteiger partial charge in [-0.05, 0) is 43.5 Å². The number of anilines is 1. The van der Waals surface area contributed by atoms with Crippen LogP contribution in [0.25, 0.3) is 0 Å². The molecule has 0 aliphatic carbocycles. The normalized spacial score (nSPS) is 18.2. The van der Waals surface area contributed by atoms with Crippen molar-refractivity contribution in [2.75, 3.05) is 25.6 Å². The van der Waals surface area contributed by atoms with Gasteiger partial charge in [0.1, 0.15) is 26.6 Å². The van der Waals surface area contributed by atoms with Gasteiger partial charge in [-0.3, -0.25) is 4.99 Å². The summed E-state index contributed by atoms with van der Waals surface area (Å²) in [5.41, 5.74) is 1.11. The first-order valence-electron chi connectivity index (χ1n) is 10.7. The van der Waals surface area contributed by atoms with Crippen molar-refractivity contribution < 1.29 is 8.78 Å². The van der Waals surface area contributed by atoms with Gasteiger partial charge in [0.2, 0.25) is 5.13 Å². The van der Waals surface area contributed by atoms with Crippen LogP contribution in [0.4, 0.5) is 13.9 Å². The van der Waals surface area contributed by atoms with Gasteiger partial charge in [0.15, 0.2) is 5.96 Å². The van der Waals surface area contributed by atoms with E-state index in [-0.39, 0.29) is 5.56 Å². The van der Waals surface area contributed by atoms with E-state index >= 15 is 0 Å². The van der Waals surface area contributed by atoms with Gasteiger partial charge in [-0.25, -0.2) is 13.8 Å². The Hall–Kier alpha value is -3.05. The largest absolute Gasteiger partial charge is 0.359 e. The number of hydrogen-bond acceptors (Lipinski definition) is 7. The molecule has 0 amide bonds. The number of benzene rings is 2. The second kappa shape index (κ2) is 10.5. The second-order valence-electron chi connectivity index (χ2n) is 7.55. The molecule has 2 heterocycles. The maximum atomic E-state index is 14.7. The number of nitrogens with zero attached hydrogens (tertiary/aromatic N) is 5. The fraction of sp³-hybridized carbons (Fsp3) is 0.304. The number of thioether (sulfide) groups is 1. The minimum absolute atomic E-state index is 0.128. The summed E-state index contributed by atoms with van der Waals surface area (Å²) in [5, 5.41) is 23.1. The lowest BCUT2D eigenvalue weighted by Crippen LogP contribution is -2.39. The molecule has 4 rings (SSSR count). The Bertz CT molecular complexity index is 1200. The molecule has 1 aliphatic heterocycles. The fourth-order valence-electron chi connectivity index (χ4n) is 3.73. The molecule has 11 heteroatoms. The van der Waals surface area contributed by atoms with Gasteiger partial charge in [-0.2, -0.15) is 5.10 Å². The molecule has 34 heavy (non-hydrogen) atoms. The maximum Gasteiger partial charge on any atom is 0.230 e. The van der Waals surface area contributed by atoms with Gasteiger partial charge in [0.25, 0.3) is 0 Å². The van der Waals surface area contributed by atoms with Crippen molar-refractivity contribution in [1.29, 1.82) is 0 Å². The zero-order valence-corrected chi connectivity index (χ0v) is 20.7. The van der Waals surface area contributed by atoms with Crippen LogP contribution in [0, 0.1) is 18.6 Å². The van der Waals surface area contributed by atoms with Crippen LogP contribution in [0.2, 0.25) is 0 Å². The molecule has 1 atom stereocenters. The van der Waals surface area contributed by atoms with E-state index in [1.54, 1.807) is 14.1 Å². The van der Waals surface area contributed by atoms with Crippen LogP contribution in [0.3, 0.4) is 0 Å². The molecule has 2 aromatic carbocycles. The van der Waals surface area contributed by atoms with Gasteiger partial charge in [-0.1, -0.05) is 53.4 Å². The number of nitrogens with one attached hydrogen (secondary N) is 2. The Balaban J connectivity index is 1.75. The summed E-state index contributed by atoms with van der Waals surface area (Å²) in [6.07, 6.45) is 1.41. The highest BCUT2D eigenvalue weighted by atomic mass is 32.2. The molecule has 1 aromatic heterocycles. The van der Waals surface area contributed by atoms with Crippen LogP contribution in [-0.4, -0.2) is 41.8 Å². The molecule has 3 aromatic rings. The Morgan fingerprint density at radius 2 is 1.94 bits per heavy atom. The third-order valence-corrected chi connectivity index (χ3v) is 7.58. The predicted octanol–water partition coefficient (Wildman–Crippen LogP) is 4.47. The zero-order chi connectivity index (χ0) is 24.1. The molecule has 178 valence electrons. The maximum absolute atomic E-state index is 14.7. The number of aromatic nitrogens is 2. The molecule has 0 saturated carbocycles. The van der Waals surface area contributed by atoms with Gasteiger partial charge in [0, 0.05) is 26.2 Å². The van der Waals surface area contributed by atoms with E-state index in [0.29, 0.717) is 29.1 Å². The molecule has 1 aliphatic rings. The van der Waals surface area contributed by atoms with E-state index in [0.717, 1.165) is 29.1 Å². The molecule has 7 nitrogen and oxygen atoms in total. The van der Waals surface area contributed by atoms with E-state index in [1.807, 2.05) is 42.3 Å². The number of halogens is 2. The van der Waals surface area contributed by atoms with E-state index in [4.69, 9.17) is 5.10 Å². The Labute approximate surface area is 205 Å². The van der Waals surface area contributed by atoms with Crippen LogP contribution in [-0.2, 0) is 4.87 Å². The molecule has 0 fully saturated rings. The summed E-state index contributed by atoms with van der Waals surface area (Å²) in [5.74, 6) is -0.342. The van der Waals surface area contributed by atoms with E-state index < -0.39 is 16.5 Å². The first-order valence-corrected chi connectivity index (χ1v) is 12.4. The highest BCUT2D eigenvalue weighted by molar-refractivity contribution is 8.15. The molecule has 0 radical (unpaired) electrons. The van der Waals surface area contributed by atoms with Crippen molar-refractivity contribution in [2.45, 2.75) is 24.6 Å². The quantitative estimate of drug-likeness (QED) is 0.283. The van der Waals surface area contributed by atoms with Crippen LogP contribution < -0.4 is 15.6 Å². The van der Waals surface area contributed by atoms with E-state index in [9.17, 15) is 8.78 Å². The monoisotopic (exact) mass is 501 g/mol. The smallest absolute Gasteiger partial charge is 0.230 e. The van der Waals surface area contributed by atoms with Crippen molar-refractivity contribution in [3.8, 4) is 0 Å². The molecular formula is C23H25F2N7S2. The number of aryl methyl sites for hydroxylation is 1. The lowest BCUT2D eigenvalue weighted by atomic mass is 10.0. The molecular weight excluding hydrogens is 476 g/mol. The summed E-state index contributed by atoms with van der Waals surface area (Å²) >= 11 is 2.81. The van der Waals surface area contributed by atoms with Gasteiger partial charge in [-0.15, -0.1) is 10.2 Å². The molecule has 0 saturated heterocycles. The number of hydrazone groups is 1. The molecule has 2 N–H and O–H groups in total. The van der Waals surface area contributed by atoms with Crippen molar-refractivity contribution in [3.05, 3.63) is 76.3 Å². The standard InChI is InChI=1S/C23H25F2N7S2/c1-15-29-30-22(33-15)32-23(16-8-5-4-6-9-16,12-7-13-28-21(26-2)27-3)34-20(31-32)18-14-17(24)10-11-19(18)25/h4-6,8-11,14H,7,12-13H2,1-3H3,(H2,26,27,28). The molecule has 1 unspecified atom stereocenters. The van der Waals surface area contributed by atoms with Crippen molar-refractivity contribution >= 4 is 39.2 Å². The number of hydrogen-bond donors (Lipinski definition) is 2. The Kier molecular flexibility index (Phi) is 7.42. The topological polar surface area (TPSA) is 77.8 Å². The highest BCUT2D eigenvalue weighted by Gasteiger charge is 2.47. The number of aliphatic imine (C=N–C) groups is 1. The number of rotatable bonds is 7. The predicted molar refractivity (Wildman–Crippen MR) is 135 cm³/mol. The van der Waals surface area contributed by atoms with Crippen molar-refractivity contribution in [1.82, 2.24) is 20.8 Å². The molecule has 0 bridgehead atoms. The second-order valence-corrected chi connectivity index (χ2v) is 9.98. The highest BCUT2D eigenvalue weighted by Crippen LogP contribution is 2.52. The summed E-state index contributed by atoms with van der Waals surface area (Å²) in [7, 11) is 3.52. The van der Waals surface area contributed by atoms with Gasteiger partial charge < -0.3 is 10.6 Å². The lowest BCUT2D eigenvalue weighted by molar-refractivity contribution is 0.517. The summed E-state index contributed by atoms with van der Waals surface area (Å²) in [6.45, 7) is 2.54. The third kappa shape index (κ3) is 4.90. The Morgan fingerprint density at radius 1 is 1.15 bits per heavy atom. The fourth-order valence-corrected chi connectivity index (χ4v) is 5.92. The number of guanidine groups is 1. The van der Waals surface area contributed by atoms with Gasteiger partial charge >= 0.3 is 0 Å².